The lowest BCUT2D eigenvalue weighted by atomic mass is 9.76. The van der Waals surface area contributed by atoms with E-state index in [-0.39, 0.29) is 30.2 Å². The van der Waals surface area contributed by atoms with Gasteiger partial charge in [-0.2, -0.15) is 0 Å². The number of fused-ring (bicyclic) bond motifs is 4. The molecule has 1 saturated carbocycles. The molecular formula is C23H28N4O4. The standard InChI is InChI=1S/C23H28N4O4/c24-17(28)12-11-16-18-19(21(30)27(20(18)29)13-7-3-1-2-4-8-13)23(26-16)14-9-5-6-10-15(14)25-22(23)31/h5-6,9-10,13,16,18-19,26H,1-4,7-8,11-12H2,(H2,24,28)(H,25,31)/t16-,18+,19-,23-/m0/s1. The Balaban J connectivity index is 1.58. The van der Waals surface area contributed by atoms with E-state index in [4.69, 9.17) is 5.73 Å². The second kappa shape index (κ2) is 7.44. The van der Waals surface area contributed by atoms with E-state index in [0.717, 1.165) is 38.5 Å². The monoisotopic (exact) mass is 424 g/mol. The first-order valence-electron chi connectivity index (χ1n) is 11.3. The number of nitrogens with two attached hydrogens (primary N) is 1. The number of nitrogens with one attached hydrogen (secondary N) is 2. The zero-order valence-corrected chi connectivity index (χ0v) is 17.4. The van der Waals surface area contributed by atoms with Crippen molar-refractivity contribution in [1.82, 2.24) is 10.2 Å². The Kier molecular flexibility index (Phi) is 4.84. The molecule has 0 aromatic heterocycles. The molecule has 0 radical (unpaired) electrons. The van der Waals surface area contributed by atoms with Crippen LogP contribution in [0.1, 0.15) is 56.9 Å². The largest absolute Gasteiger partial charge is 0.370 e. The third-order valence-electron chi connectivity index (χ3n) is 7.55. The summed E-state index contributed by atoms with van der Waals surface area (Å²) in [5.74, 6) is -2.74. The zero-order valence-electron chi connectivity index (χ0n) is 17.4. The summed E-state index contributed by atoms with van der Waals surface area (Å²) in [6, 6.07) is 6.72. The summed E-state index contributed by atoms with van der Waals surface area (Å²) in [6.45, 7) is 0. The van der Waals surface area contributed by atoms with Gasteiger partial charge >= 0.3 is 0 Å². The molecule has 3 aliphatic heterocycles. The van der Waals surface area contributed by atoms with Crippen LogP contribution >= 0.6 is 0 Å². The van der Waals surface area contributed by atoms with Gasteiger partial charge in [0.05, 0.1) is 11.8 Å². The number of carbonyl (C=O) groups excluding carboxylic acids is 4. The van der Waals surface area contributed by atoms with Crippen LogP contribution in [0.5, 0.6) is 0 Å². The van der Waals surface area contributed by atoms with Crippen molar-refractivity contribution in [2.75, 3.05) is 5.32 Å². The molecule has 31 heavy (non-hydrogen) atoms. The van der Waals surface area contributed by atoms with Crippen molar-refractivity contribution in [1.29, 1.82) is 0 Å². The number of imide groups is 1. The van der Waals surface area contributed by atoms with Crippen LogP contribution in [0.25, 0.3) is 0 Å². The lowest BCUT2D eigenvalue weighted by molar-refractivity contribution is -0.145. The topological polar surface area (TPSA) is 122 Å². The highest BCUT2D eigenvalue weighted by molar-refractivity contribution is 6.15. The molecule has 0 unspecified atom stereocenters. The van der Waals surface area contributed by atoms with Gasteiger partial charge in [0.1, 0.15) is 5.54 Å². The van der Waals surface area contributed by atoms with Crippen LogP contribution in [0.15, 0.2) is 24.3 Å². The fourth-order valence-corrected chi connectivity index (χ4v) is 6.20. The van der Waals surface area contributed by atoms with Gasteiger partial charge in [0, 0.05) is 29.8 Å². The van der Waals surface area contributed by atoms with Gasteiger partial charge < -0.3 is 11.1 Å². The van der Waals surface area contributed by atoms with Gasteiger partial charge in [-0.3, -0.25) is 29.4 Å². The van der Waals surface area contributed by atoms with Crippen molar-refractivity contribution >= 4 is 29.3 Å². The molecule has 1 aromatic rings. The average molecular weight is 425 g/mol. The van der Waals surface area contributed by atoms with Crippen molar-refractivity contribution < 1.29 is 19.2 Å². The summed E-state index contributed by atoms with van der Waals surface area (Å²) < 4.78 is 0. The number of anilines is 1. The molecular weight excluding hydrogens is 396 g/mol. The number of nitrogens with zero attached hydrogens (tertiary/aromatic N) is 1. The molecule has 4 N–H and O–H groups in total. The maximum absolute atomic E-state index is 13.8. The molecule has 1 spiro atoms. The van der Waals surface area contributed by atoms with E-state index in [9.17, 15) is 19.2 Å². The Morgan fingerprint density at radius 1 is 1.06 bits per heavy atom. The maximum Gasteiger partial charge on any atom is 0.250 e. The third kappa shape index (κ3) is 2.91. The number of hydrogen-bond donors (Lipinski definition) is 3. The lowest BCUT2D eigenvalue weighted by Crippen LogP contribution is -2.54. The molecule has 5 rings (SSSR count). The van der Waals surface area contributed by atoms with Crippen molar-refractivity contribution in [3.05, 3.63) is 29.8 Å². The van der Waals surface area contributed by atoms with Gasteiger partial charge in [-0.05, 0) is 25.3 Å². The molecule has 1 aromatic carbocycles. The Labute approximate surface area is 180 Å². The number of likely N-dealkylation sites (tertiary alicyclic amines) is 1. The van der Waals surface area contributed by atoms with Crippen LogP contribution in [-0.4, -0.2) is 40.6 Å². The molecule has 164 valence electrons. The predicted molar refractivity (Wildman–Crippen MR) is 112 cm³/mol. The summed E-state index contributed by atoms with van der Waals surface area (Å²) in [6.07, 6.45) is 6.24. The maximum atomic E-state index is 13.8. The van der Waals surface area contributed by atoms with Gasteiger partial charge in [0.2, 0.25) is 23.6 Å². The van der Waals surface area contributed by atoms with Gasteiger partial charge in [-0.25, -0.2) is 0 Å². The minimum Gasteiger partial charge on any atom is -0.370 e. The fraction of sp³-hybridized carbons (Fsp3) is 0.565. The van der Waals surface area contributed by atoms with E-state index in [2.05, 4.69) is 10.6 Å². The number of primary amides is 1. The van der Waals surface area contributed by atoms with Crippen LogP contribution in [0.2, 0.25) is 0 Å². The molecule has 0 bridgehead atoms. The SMILES string of the molecule is NC(=O)CC[C@@H]1N[C@]2(C(=O)Nc3ccccc32)[C@@H]2C(=O)N(C3CCCCCC3)C(=O)[C@H]12. The van der Waals surface area contributed by atoms with E-state index >= 15 is 0 Å². The number of amides is 4. The number of para-hydroxylation sites is 1. The second-order valence-electron chi connectivity index (χ2n) is 9.26. The third-order valence-corrected chi connectivity index (χ3v) is 7.55. The molecule has 8 heteroatoms. The van der Waals surface area contributed by atoms with Crippen LogP contribution in [-0.2, 0) is 24.7 Å². The summed E-state index contributed by atoms with van der Waals surface area (Å²) >= 11 is 0. The smallest absolute Gasteiger partial charge is 0.250 e. The Morgan fingerprint density at radius 3 is 2.48 bits per heavy atom. The van der Waals surface area contributed by atoms with Crippen LogP contribution in [0, 0.1) is 11.8 Å². The minimum atomic E-state index is -1.30. The number of carbonyl (C=O) groups is 4. The van der Waals surface area contributed by atoms with E-state index in [1.807, 2.05) is 18.2 Å². The van der Waals surface area contributed by atoms with Crippen molar-refractivity contribution in [3.63, 3.8) is 0 Å². The first kappa shape index (κ1) is 20.2. The van der Waals surface area contributed by atoms with Gasteiger partial charge in [0.15, 0.2) is 0 Å². The van der Waals surface area contributed by atoms with Crippen molar-refractivity contribution in [3.8, 4) is 0 Å². The number of benzene rings is 1. The first-order valence-corrected chi connectivity index (χ1v) is 11.3. The summed E-state index contributed by atoms with van der Waals surface area (Å²) in [5, 5.41) is 6.23. The van der Waals surface area contributed by atoms with Crippen molar-refractivity contribution in [2.45, 2.75) is 69.0 Å². The normalized spacial score (nSPS) is 32.8. The van der Waals surface area contributed by atoms with Crippen LogP contribution in [0.3, 0.4) is 0 Å². The highest BCUT2D eigenvalue weighted by Gasteiger charge is 2.70. The van der Waals surface area contributed by atoms with Crippen LogP contribution < -0.4 is 16.4 Å². The molecule has 4 atom stereocenters. The zero-order chi connectivity index (χ0) is 21.8. The second-order valence-corrected chi connectivity index (χ2v) is 9.26. The Bertz CT molecular complexity index is 955. The molecule has 8 nitrogen and oxygen atoms in total. The quantitative estimate of drug-likeness (QED) is 0.498. The Hall–Kier alpha value is -2.74. The van der Waals surface area contributed by atoms with E-state index in [1.54, 1.807) is 6.07 Å². The summed E-state index contributed by atoms with van der Waals surface area (Å²) in [7, 11) is 0. The molecule has 3 fully saturated rings. The summed E-state index contributed by atoms with van der Waals surface area (Å²) in [4.78, 5) is 53.7. The first-order chi connectivity index (χ1) is 14.9. The highest BCUT2D eigenvalue weighted by Crippen LogP contribution is 2.54. The van der Waals surface area contributed by atoms with E-state index in [0.29, 0.717) is 17.7 Å². The average Bonchev–Trinajstić information content (AvgIpc) is 3.21. The fourth-order valence-electron chi connectivity index (χ4n) is 6.20. The molecule has 3 heterocycles. The number of rotatable bonds is 4. The van der Waals surface area contributed by atoms with Crippen LogP contribution in [0.4, 0.5) is 5.69 Å². The van der Waals surface area contributed by atoms with Gasteiger partial charge in [-0.1, -0.05) is 43.9 Å². The van der Waals surface area contributed by atoms with E-state index in [1.165, 1.54) is 4.90 Å². The predicted octanol–water partition coefficient (Wildman–Crippen LogP) is 1.40. The molecule has 1 aliphatic carbocycles. The Morgan fingerprint density at radius 2 is 1.77 bits per heavy atom. The highest BCUT2D eigenvalue weighted by atomic mass is 16.2. The van der Waals surface area contributed by atoms with Crippen molar-refractivity contribution in [2.24, 2.45) is 17.6 Å². The van der Waals surface area contributed by atoms with Gasteiger partial charge in [0.25, 0.3) is 0 Å². The minimum absolute atomic E-state index is 0.0884. The summed E-state index contributed by atoms with van der Waals surface area (Å²) in [5.41, 5.74) is 5.43. The molecule has 2 saturated heterocycles. The van der Waals surface area contributed by atoms with E-state index < -0.39 is 29.3 Å². The van der Waals surface area contributed by atoms with Gasteiger partial charge in [-0.15, -0.1) is 0 Å². The number of hydrogen-bond acceptors (Lipinski definition) is 5. The molecule has 4 amide bonds. The lowest BCUT2D eigenvalue weighted by Gasteiger charge is -2.32. The molecule has 4 aliphatic rings.